The van der Waals surface area contributed by atoms with Gasteiger partial charge in [0.2, 0.25) is 15.9 Å². The molecule has 0 radical (unpaired) electrons. The summed E-state index contributed by atoms with van der Waals surface area (Å²) in [6.45, 7) is 1.99. The zero-order valence-electron chi connectivity index (χ0n) is 17.0. The predicted molar refractivity (Wildman–Crippen MR) is 112 cm³/mol. The first-order valence-electron chi connectivity index (χ1n) is 9.43. The van der Waals surface area contributed by atoms with Gasteiger partial charge >= 0.3 is 0 Å². The fraction of sp³-hybridized carbons (Fsp3) is 0.333. The minimum Gasteiger partial charge on any atom is -0.493 e. The Labute approximate surface area is 175 Å². The van der Waals surface area contributed by atoms with Crippen LogP contribution in [0.25, 0.3) is 0 Å². The van der Waals surface area contributed by atoms with Gasteiger partial charge < -0.3 is 14.8 Å². The Kier molecular flexibility index (Phi) is 6.31. The Morgan fingerprint density at radius 2 is 1.77 bits per heavy atom. The van der Waals surface area contributed by atoms with E-state index in [-0.39, 0.29) is 17.3 Å². The minimum atomic E-state index is -3.66. The van der Waals surface area contributed by atoms with E-state index in [2.05, 4.69) is 5.32 Å². The van der Waals surface area contributed by atoms with Crippen LogP contribution in [-0.2, 0) is 21.2 Å². The van der Waals surface area contributed by atoms with Gasteiger partial charge in [0.15, 0.2) is 11.5 Å². The molecule has 0 saturated carbocycles. The van der Waals surface area contributed by atoms with E-state index in [1.807, 2.05) is 18.2 Å². The average Bonchev–Trinajstić information content (AvgIpc) is 2.94. The normalized spacial score (nSPS) is 17.6. The largest absolute Gasteiger partial charge is 0.493 e. The maximum atomic E-state index is 12.4. The Morgan fingerprint density at radius 3 is 2.33 bits per heavy atom. The second kappa shape index (κ2) is 8.74. The van der Waals surface area contributed by atoms with Crippen molar-refractivity contribution in [2.75, 3.05) is 30.8 Å². The predicted octanol–water partition coefficient (Wildman–Crippen LogP) is 1.99. The summed E-state index contributed by atoms with van der Waals surface area (Å²) in [5.41, 5.74) is 1.60. The van der Waals surface area contributed by atoms with Crippen molar-refractivity contribution in [2.45, 2.75) is 13.3 Å². The number of carbonyl (C=O) groups excluding carboxylic acids is 2. The van der Waals surface area contributed by atoms with Crippen molar-refractivity contribution in [3.05, 3.63) is 53.6 Å². The van der Waals surface area contributed by atoms with Crippen molar-refractivity contribution >= 4 is 27.5 Å². The minimum absolute atomic E-state index is 0.204. The molecule has 30 heavy (non-hydrogen) atoms. The van der Waals surface area contributed by atoms with E-state index in [9.17, 15) is 18.0 Å². The van der Waals surface area contributed by atoms with Gasteiger partial charge in [-0.3, -0.25) is 9.59 Å². The third-order valence-corrected chi connectivity index (χ3v) is 6.74. The van der Waals surface area contributed by atoms with Crippen LogP contribution in [0.1, 0.15) is 22.8 Å². The summed E-state index contributed by atoms with van der Waals surface area (Å²) in [7, 11) is -0.531. The number of methoxy groups -OCH3 is 2. The maximum absolute atomic E-state index is 12.4. The summed E-state index contributed by atoms with van der Waals surface area (Å²) in [6.07, 6.45) is 0.600. The Morgan fingerprint density at radius 1 is 1.10 bits per heavy atom. The molecule has 0 aromatic heterocycles. The molecular formula is C21H24N2O6S. The molecule has 160 valence electrons. The van der Waals surface area contributed by atoms with Gasteiger partial charge in [-0.25, -0.2) is 12.7 Å². The van der Waals surface area contributed by atoms with Crippen LogP contribution >= 0.6 is 0 Å². The van der Waals surface area contributed by atoms with Crippen molar-refractivity contribution in [1.29, 1.82) is 0 Å². The summed E-state index contributed by atoms with van der Waals surface area (Å²) in [4.78, 5) is 24.5. The number of ether oxygens (including phenoxy) is 2. The number of hydrogen-bond donors (Lipinski definition) is 1. The smallest absolute Gasteiger partial charge is 0.251 e. The van der Waals surface area contributed by atoms with Crippen molar-refractivity contribution in [2.24, 2.45) is 5.92 Å². The van der Waals surface area contributed by atoms with E-state index >= 15 is 0 Å². The lowest BCUT2D eigenvalue weighted by atomic mass is 10.1. The number of nitrogens with zero attached hydrogens (tertiary/aromatic N) is 1. The molecule has 8 nitrogen and oxygen atoms in total. The van der Waals surface area contributed by atoms with Crippen LogP contribution in [0.4, 0.5) is 5.69 Å². The summed E-state index contributed by atoms with van der Waals surface area (Å²) < 4.78 is 35.6. The van der Waals surface area contributed by atoms with Gasteiger partial charge in [0, 0.05) is 12.1 Å². The number of anilines is 1. The van der Waals surface area contributed by atoms with Gasteiger partial charge in [-0.2, -0.15) is 0 Å². The van der Waals surface area contributed by atoms with Gasteiger partial charge in [0.1, 0.15) is 0 Å². The van der Waals surface area contributed by atoms with Gasteiger partial charge in [-0.15, -0.1) is 0 Å². The number of hydrogen-bond acceptors (Lipinski definition) is 6. The Hall–Kier alpha value is -3.07. The lowest BCUT2D eigenvalue weighted by molar-refractivity contribution is -0.119. The SMILES string of the molecule is COc1ccc(CCNC(=O)c2ccc(N3C(=O)[C@H](C)CS3(=O)=O)cc2)cc1OC. The molecule has 0 spiro atoms. The summed E-state index contributed by atoms with van der Waals surface area (Å²) in [5, 5.41) is 2.82. The Balaban J connectivity index is 1.61. The molecule has 2 aromatic carbocycles. The second-order valence-corrected chi connectivity index (χ2v) is 8.89. The van der Waals surface area contributed by atoms with E-state index in [1.165, 1.54) is 24.3 Å². The van der Waals surface area contributed by atoms with Gasteiger partial charge in [-0.05, 0) is 48.4 Å². The molecule has 1 atom stereocenters. The topological polar surface area (TPSA) is 102 Å². The van der Waals surface area contributed by atoms with E-state index < -0.39 is 21.8 Å². The number of amides is 2. The maximum Gasteiger partial charge on any atom is 0.251 e. The van der Waals surface area contributed by atoms with Gasteiger partial charge in [0.05, 0.1) is 31.6 Å². The van der Waals surface area contributed by atoms with Gasteiger partial charge in [0.25, 0.3) is 5.91 Å². The number of benzene rings is 2. The van der Waals surface area contributed by atoms with Crippen LogP contribution in [0.3, 0.4) is 0 Å². The molecule has 0 unspecified atom stereocenters. The van der Waals surface area contributed by atoms with Crippen LogP contribution in [0.2, 0.25) is 0 Å². The first-order valence-corrected chi connectivity index (χ1v) is 11.0. The van der Waals surface area contributed by atoms with E-state index in [0.717, 1.165) is 9.87 Å². The number of nitrogens with one attached hydrogen (secondary N) is 1. The van der Waals surface area contributed by atoms with Crippen LogP contribution in [-0.4, -0.2) is 46.7 Å². The highest BCUT2D eigenvalue weighted by atomic mass is 32.2. The quantitative estimate of drug-likeness (QED) is 0.718. The molecule has 1 aliphatic heterocycles. The van der Waals surface area contributed by atoms with E-state index in [4.69, 9.17) is 9.47 Å². The highest BCUT2D eigenvalue weighted by Crippen LogP contribution is 2.29. The first-order chi connectivity index (χ1) is 14.3. The van der Waals surface area contributed by atoms with Crippen molar-refractivity contribution < 1.29 is 27.5 Å². The fourth-order valence-corrected chi connectivity index (χ4v) is 5.11. The average molecular weight is 432 g/mol. The monoisotopic (exact) mass is 432 g/mol. The molecule has 1 saturated heterocycles. The molecule has 0 aliphatic carbocycles. The van der Waals surface area contributed by atoms with Crippen molar-refractivity contribution in [1.82, 2.24) is 5.32 Å². The molecule has 1 N–H and O–H groups in total. The number of carbonyl (C=O) groups is 2. The molecule has 0 bridgehead atoms. The Bertz CT molecular complexity index is 1050. The number of sulfonamides is 1. The highest BCUT2D eigenvalue weighted by molar-refractivity contribution is 7.94. The molecule has 1 aliphatic rings. The van der Waals surface area contributed by atoms with Crippen LogP contribution in [0, 0.1) is 5.92 Å². The van der Waals surface area contributed by atoms with Crippen LogP contribution < -0.4 is 19.1 Å². The van der Waals surface area contributed by atoms with Crippen molar-refractivity contribution in [3.8, 4) is 11.5 Å². The first kappa shape index (κ1) is 21.6. The third kappa shape index (κ3) is 4.40. The highest BCUT2D eigenvalue weighted by Gasteiger charge is 2.41. The molecule has 1 fully saturated rings. The molecule has 3 rings (SSSR count). The van der Waals surface area contributed by atoms with Gasteiger partial charge in [-0.1, -0.05) is 13.0 Å². The summed E-state index contributed by atoms with van der Waals surface area (Å²) in [6, 6.07) is 11.5. The fourth-order valence-electron chi connectivity index (χ4n) is 3.29. The molecule has 2 amide bonds. The summed E-state index contributed by atoms with van der Waals surface area (Å²) in [5.74, 6) is -0.261. The zero-order chi connectivity index (χ0) is 21.9. The molecule has 9 heteroatoms. The standard InChI is InChI=1S/C21H24N2O6S/c1-14-13-30(26,27)23(21(14)25)17-7-5-16(6-8-17)20(24)22-11-10-15-4-9-18(28-2)19(12-15)29-3/h4-9,12,14H,10-11,13H2,1-3H3,(H,22,24)/t14-/m1/s1. The third-order valence-electron chi connectivity index (χ3n) is 4.87. The van der Waals surface area contributed by atoms with Crippen LogP contribution in [0.15, 0.2) is 42.5 Å². The second-order valence-electron chi connectivity index (χ2n) is 7.02. The lowest BCUT2D eigenvalue weighted by Gasteiger charge is -2.15. The van der Waals surface area contributed by atoms with Crippen molar-refractivity contribution in [3.63, 3.8) is 0 Å². The molecule has 1 heterocycles. The van der Waals surface area contributed by atoms with E-state index in [0.29, 0.717) is 30.0 Å². The van der Waals surface area contributed by atoms with E-state index in [1.54, 1.807) is 21.1 Å². The van der Waals surface area contributed by atoms with Crippen LogP contribution in [0.5, 0.6) is 11.5 Å². The lowest BCUT2D eigenvalue weighted by Crippen LogP contribution is -2.30. The number of rotatable bonds is 7. The summed E-state index contributed by atoms with van der Waals surface area (Å²) >= 11 is 0. The zero-order valence-corrected chi connectivity index (χ0v) is 17.9. The molecular weight excluding hydrogens is 408 g/mol. The molecule has 2 aromatic rings.